The second-order valence-electron chi connectivity index (χ2n) is 4.71. The van der Waals surface area contributed by atoms with Crippen LogP contribution in [-0.2, 0) is 9.59 Å². The number of halogens is 1. The number of benzene rings is 1. The zero-order valence-corrected chi connectivity index (χ0v) is 11.4. The molecule has 1 aliphatic heterocycles. The van der Waals surface area contributed by atoms with Crippen molar-refractivity contribution >= 4 is 18.2 Å². The summed E-state index contributed by atoms with van der Waals surface area (Å²) in [6, 6.07) is 5.10. The van der Waals surface area contributed by atoms with Gasteiger partial charge in [0.25, 0.3) is 5.91 Å². The smallest absolute Gasteiger partial charge is 0.251 e. The number of piperazine rings is 1. The van der Waals surface area contributed by atoms with Crippen LogP contribution in [0.3, 0.4) is 0 Å². The maximum absolute atomic E-state index is 12.7. The highest BCUT2D eigenvalue weighted by atomic mass is 19.1. The Morgan fingerprint density at radius 1 is 1.14 bits per heavy atom. The maximum atomic E-state index is 12.7. The van der Waals surface area contributed by atoms with Gasteiger partial charge in [-0.05, 0) is 24.3 Å². The van der Waals surface area contributed by atoms with Crippen molar-refractivity contribution in [1.82, 2.24) is 15.1 Å². The van der Waals surface area contributed by atoms with Crippen LogP contribution in [0, 0.1) is 5.82 Å². The SMILES string of the molecule is O=CN1CCN(C(=O)CNC(=O)c2ccc(F)cc2)CC1. The number of hydrogen-bond acceptors (Lipinski definition) is 3. The molecule has 1 aromatic carbocycles. The van der Waals surface area contributed by atoms with E-state index in [9.17, 15) is 18.8 Å². The summed E-state index contributed by atoms with van der Waals surface area (Å²) in [4.78, 5) is 37.5. The molecule has 0 aliphatic carbocycles. The third-order valence-corrected chi connectivity index (χ3v) is 3.32. The third kappa shape index (κ3) is 4.01. The summed E-state index contributed by atoms with van der Waals surface area (Å²) < 4.78 is 12.7. The molecule has 1 N–H and O–H groups in total. The van der Waals surface area contributed by atoms with Crippen LogP contribution >= 0.6 is 0 Å². The summed E-state index contributed by atoms with van der Waals surface area (Å²) in [5.41, 5.74) is 0.301. The molecule has 0 unspecified atom stereocenters. The normalized spacial score (nSPS) is 14.7. The number of nitrogens with one attached hydrogen (secondary N) is 1. The van der Waals surface area contributed by atoms with E-state index in [-0.39, 0.29) is 12.5 Å². The summed E-state index contributed by atoms with van der Waals surface area (Å²) in [5.74, 6) is -1.04. The Morgan fingerprint density at radius 3 is 2.33 bits per heavy atom. The zero-order chi connectivity index (χ0) is 15.2. The molecule has 6 nitrogen and oxygen atoms in total. The molecule has 112 valence electrons. The Balaban J connectivity index is 1.80. The van der Waals surface area contributed by atoms with Crippen LogP contribution in [0.25, 0.3) is 0 Å². The summed E-state index contributed by atoms with van der Waals surface area (Å²) in [6.45, 7) is 1.81. The predicted molar refractivity (Wildman–Crippen MR) is 73.0 cm³/mol. The lowest BCUT2D eigenvalue weighted by atomic mass is 10.2. The first kappa shape index (κ1) is 15.0. The van der Waals surface area contributed by atoms with Crippen molar-refractivity contribution in [2.75, 3.05) is 32.7 Å². The largest absolute Gasteiger partial charge is 0.343 e. The quantitative estimate of drug-likeness (QED) is 0.785. The molecule has 1 heterocycles. The van der Waals surface area contributed by atoms with E-state index in [1.165, 1.54) is 24.3 Å². The fourth-order valence-corrected chi connectivity index (χ4v) is 2.05. The van der Waals surface area contributed by atoms with Crippen molar-refractivity contribution < 1.29 is 18.8 Å². The van der Waals surface area contributed by atoms with Crippen LogP contribution in [0.1, 0.15) is 10.4 Å². The molecule has 0 radical (unpaired) electrons. The van der Waals surface area contributed by atoms with Crippen LogP contribution in [-0.4, -0.2) is 60.7 Å². The van der Waals surface area contributed by atoms with Crippen molar-refractivity contribution in [2.24, 2.45) is 0 Å². The Morgan fingerprint density at radius 2 is 1.76 bits per heavy atom. The van der Waals surface area contributed by atoms with Gasteiger partial charge in [-0.1, -0.05) is 0 Å². The van der Waals surface area contributed by atoms with Gasteiger partial charge in [-0.2, -0.15) is 0 Å². The van der Waals surface area contributed by atoms with Crippen molar-refractivity contribution in [3.63, 3.8) is 0 Å². The lowest BCUT2D eigenvalue weighted by Crippen LogP contribution is -2.50. The fraction of sp³-hybridized carbons (Fsp3) is 0.357. The van der Waals surface area contributed by atoms with Gasteiger partial charge in [0, 0.05) is 31.7 Å². The molecule has 1 saturated heterocycles. The first-order valence-electron chi connectivity index (χ1n) is 6.61. The maximum Gasteiger partial charge on any atom is 0.251 e. The lowest BCUT2D eigenvalue weighted by molar-refractivity contribution is -0.134. The second kappa shape index (κ2) is 6.83. The number of hydrogen-bond donors (Lipinski definition) is 1. The van der Waals surface area contributed by atoms with Crippen molar-refractivity contribution in [1.29, 1.82) is 0 Å². The van der Waals surface area contributed by atoms with Gasteiger partial charge in [-0.25, -0.2) is 4.39 Å². The molecule has 3 amide bonds. The molecule has 0 spiro atoms. The summed E-state index contributed by atoms with van der Waals surface area (Å²) in [6.07, 6.45) is 0.762. The van der Waals surface area contributed by atoms with Crippen molar-refractivity contribution in [3.05, 3.63) is 35.6 Å². The van der Waals surface area contributed by atoms with E-state index in [2.05, 4.69) is 5.32 Å². The van der Waals surface area contributed by atoms with Gasteiger partial charge in [-0.15, -0.1) is 0 Å². The van der Waals surface area contributed by atoms with E-state index in [4.69, 9.17) is 0 Å². The van der Waals surface area contributed by atoms with Crippen molar-refractivity contribution in [3.8, 4) is 0 Å². The standard InChI is InChI=1S/C14H16FN3O3/c15-12-3-1-11(2-4-12)14(21)16-9-13(20)18-7-5-17(10-19)6-8-18/h1-4,10H,5-9H2,(H,16,21). The minimum absolute atomic E-state index is 0.114. The summed E-state index contributed by atoms with van der Waals surface area (Å²) >= 11 is 0. The first-order valence-corrected chi connectivity index (χ1v) is 6.61. The molecule has 0 saturated carbocycles. The molecular formula is C14H16FN3O3. The molecule has 21 heavy (non-hydrogen) atoms. The number of carbonyl (C=O) groups is 3. The van der Waals surface area contributed by atoms with Gasteiger partial charge in [0.05, 0.1) is 6.54 Å². The van der Waals surface area contributed by atoms with Crippen LogP contribution in [0.4, 0.5) is 4.39 Å². The van der Waals surface area contributed by atoms with Gasteiger partial charge in [0.15, 0.2) is 0 Å². The molecule has 0 bridgehead atoms. The Bertz CT molecular complexity index is 525. The monoisotopic (exact) mass is 293 g/mol. The van der Waals surface area contributed by atoms with Gasteiger partial charge in [-0.3, -0.25) is 14.4 Å². The number of rotatable bonds is 4. The van der Waals surface area contributed by atoms with Gasteiger partial charge >= 0.3 is 0 Å². The highest BCUT2D eigenvalue weighted by Crippen LogP contribution is 2.03. The topological polar surface area (TPSA) is 69.7 Å². The average molecular weight is 293 g/mol. The van der Waals surface area contributed by atoms with Gasteiger partial charge in [0.1, 0.15) is 5.82 Å². The minimum Gasteiger partial charge on any atom is -0.343 e. The first-order chi connectivity index (χ1) is 10.1. The van der Waals surface area contributed by atoms with Gasteiger partial charge < -0.3 is 15.1 Å². The third-order valence-electron chi connectivity index (χ3n) is 3.32. The summed E-state index contributed by atoms with van der Waals surface area (Å²) in [5, 5.41) is 2.50. The highest BCUT2D eigenvalue weighted by Gasteiger charge is 2.20. The zero-order valence-electron chi connectivity index (χ0n) is 11.4. The van der Waals surface area contributed by atoms with E-state index in [0.717, 1.165) is 6.41 Å². The van der Waals surface area contributed by atoms with Crippen LogP contribution < -0.4 is 5.32 Å². The molecule has 0 aromatic heterocycles. The molecule has 1 aliphatic rings. The van der Waals surface area contributed by atoms with E-state index in [0.29, 0.717) is 31.7 Å². The average Bonchev–Trinajstić information content (AvgIpc) is 2.53. The lowest BCUT2D eigenvalue weighted by Gasteiger charge is -2.32. The van der Waals surface area contributed by atoms with E-state index in [1.54, 1.807) is 9.80 Å². The molecular weight excluding hydrogens is 277 g/mol. The van der Waals surface area contributed by atoms with Crippen LogP contribution in [0.5, 0.6) is 0 Å². The second-order valence-corrected chi connectivity index (χ2v) is 4.71. The predicted octanol–water partition coefficient (Wildman–Crippen LogP) is -0.144. The molecule has 7 heteroatoms. The highest BCUT2D eigenvalue weighted by molar-refractivity contribution is 5.96. The molecule has 1 fully saturated rings. The molecule has 2 rings (SSSR count). The Labute approximate surface area is 121 Å². The van der Waals surface area contributed by atoms with Crippen molar-refractivity contribution in [2.45, 2.75) is 0 Å². The Kier molecular flexibility index (Phi) is 4.86. The Hall–Kier alpha value is -2.44. The van der Waals surface area contributed by atoms with E-state index >= 15 is 0 Å². The van der Waals surface area contributed by atoms with Crippen LogP contribution in [0.2, 0.25) is 0 Å². The van der Waals surface area contributed by atoms with Crippen LogP contribution in [0.15, 0.2) is 24.3 Å². The van der Waals surface area contributed by atoms with E-state index in [1.807, 2.05) is 0 Å². The molecule has 0 atom stereocenters. The number of amides is 3. The fourth-order valence-electron chi connectivity index (χ4n) is 2.05. The van der Waals surface area contributed by atoms with Gasteiger partial charge in [0.2, 0.25) is 12.3 Å². The number of carbonyl (C=O) groups excluding carboxylic acids is 3. The molecule has 1 aromatic rings. The van der Waals surface area contributed by atoms with E-state index < -0.39 is 11.7 Å². The minimum atomic E-state index is -0.421. The number of nitrogens with zero attached hydrogens (tertiary/aromatic N) is 2. The summed E-state index contributed by atoms with van der Waals surface area (Å²) in [7, 11) is 0.